The van der Waals surface area contributed by atoms with Crippen molar-refractivity contribution >= 4 is 35.6 Å². The maximum atomic E-state index is 14.7. The molecule has 0 saturated heterocycles. The second-order valence-corrected chi connectivity index (χ2v) is 13.9. The zero-order valence-corrected chi connectivity index (χ0v) is 30.0. The third-order valence-electron chi connectivity index (χ3n) is 9.31. The minimum absolute atomic E-state index is 0.0614. The number of allylic oxidation sites excluding steroid dienone is 1. The first-order valence-electron chi connectivity index (χ1n) is 16.8. The van der Waals surface area contributed by atoms with Crippen molar-refractivity contribution < 1.29 is 52.5 Å². The summed E-state index contributed by atoms with van der Waals surface area (Å²) in [6.07, 6.45) is 0.958. The number of hydrogen-bond acceptors (Lipinski definition) is 12. The van der Waals surface area contributed by atoms with E-state index in [1.807, 2.05) is 0 Å². The van der Waals surface area contributed by atoms with E-state index >= 15 is 0 Å². The Bertz CT molecular complexity index is 1680. The number of benzene rings is 1. The molecule has 1 saturated carbocycles. The molecule has 0 unspecified atom stereocenters. The Balaban J connectivity index is 1.93. The molecule has 4 rings (SSSR count). The predicted molar refractivity (Wildman–Crippen MR) is 183 cm³/mol. The Morgan fingerprint density at radius 3 is 2.04 bits per heavy atom. The largest absolute Gasteiger partial charge is 0.458 e. The Hall–Kier alpha value is -5.13. The van der Waals surface area contributed by atoms with Crippen LogP contribution in [-0.2, 0) is 42.9 Å². The molecule has 12 nitrogen and oxygen atoms in total. The minimum atomic E-state index is -1.94. The van der Waals surface area contributed by atoms with Gasteiger partial charge in [-0.1, -0.05) is 64.6 Å². The molecule has 0 bridgehead atoms. The number of aromatic nitrogens is 1. The second kappa shape index (κ2) is 15.8. The number of carbonyl (C=O) groups is 6. The molecule has 1 aromatic heterocycles. The van der Waals surface area contributed by atoms with Crippen molar-refractivity contribution in [2.24, 2.45) is 23.2 Å². The number of ketones is 1. The first kappa shape index (κ1) is 38.7. The SMILES string of the molecule is C=C1C[C@@H](OC(C)=O)[C@@H](OC(=O)c2cccnc2)C(C)(C)C=C[C@H](C)C(=O)[C@@]2(OC(C)=O)C[C@H](C)[C@H](OC(=O)c3ccccc3)[C@@H]2[C@H]1OC(C)=O. The van der Waals surface area contributed by atoms with Crippen LogP contribution in [0.4, 0.5) is 0 Å². The summed E-state index contributed by atoms with van der Waals surface area (Å²) < 4.78 is 29.9. The fraction of sp³-hybridized carbons (Fsp3) is 0.462. The third-order valence-corrected chi connectivity index (χ3v) is 9.31. The molecule has 2 aromatic rings. The zero-order valence-electron chi connectivity index (χ0n) is 30.0. The Morgan fingerprint density at radius 2 is 1.45 bits per heavy atom. The van der Waals surface area contributed by atoms with Gasteiger partial charge in [-0.15, -0.1) is 0 Å². The third kappa shape index (κ3) is 8.79. The zero-order chi connectivity index (χ0) is 37.7. The van der Waals surface area contributed by atoms with Crippen molar-refractivity contribution in [2.75, 3.05) is 0 Å². The van der Waals surface area contributed by atoms with Gasteiger partial charge in [-0.05, 0) is 35.8 Å². The fourth-order valence-corrected chi connectivity index (χ4v) is 7.12. The summed E-state index contributed by atoms with van der Waals surface area (Å²) >= 11 is 0. The van der Waals surface area contributed by atoms with Gasteiger partial charge in [0.1, 0.15) is 24.4 Å². The molecule has 1 aromatic carbocycles. The predicted octanol–water partition coefficient (Wildman–Crippen LogP) is 5.40. The molecule has 272 valence electrons. The number of hydrogen-bond donors (Lipinski definition) is 0. The van der Waals surface area contributed by atoms with Gasteiger partial charge in [-0.2, -0.15) is 0 Å². The van der Waals surface area contributed by atoms with E-state index in [0.717, 1.165) is 0 Å². The van der Waals surface area contributed by atoms with Crippen molar-refractivity contribution in [3.8, 4) is 0 Å². The first-order valence-corrected chi connectivity index (χ1v) is 16.8. The highest BCUT2D eigenvalue weighted by Gasteiger charge is 2.65. The van der Waals surface area contributed by atoms with E-state index < -0.39 is 88.8 Å². The van der Waals surface area contributed by atoms with Gasteiger partial charge in [-0.3, -0.25) is 24.2 Å². The quantitative estimate of drug-likeness (QED) is 0.205. The van der Waals surface area contributed by atoms with Crippen molar-refractivity contribution in [1.29, 1.82) is 0 Å². The lowest BCUT2D eigenvalue weighted by molar-refractivity contribution is -0.182. The first-order chi connectivity index (χ1) is 24.0. The van der Waals surface area contributed by atoms with Gasteiger partial charge in [0.15, 0.2) is 11.4 Å². The molecule has 0 radical (unpaired) electrons. The molecule has 0 spiro atoms. The Kier molecular flexibility index (Phi) is 12.0. The Morgan fingerprint density at radius 1 is 0.824 bits per heavy atom. The molecular weight excluding hydrogens is 658 g/mol. The van der Waals surface area contributed by atoms with Crippen molar-refractivity contribution in [1.82, 2.24) is 4.98 Å². The summed E-state index contributed by atoms with van der Waals surface area (Å²) in [7, 11) is 0. The topological polar surface area (TPSA) is 161 Å². The standard InChI is InChI=1S/C39H45NO11/c1-22-16-17-38(7,8)35(50-37(46)29-15-12-18-40-21-29)30(47-25(4)41)19-23(2)32(48-26(5)42)31-33(49-36(45)28-13-10-9-11-14-28)24(3)20-39(31,34(22)44)51-27(6)43/h9-18,21-22,24,30-33,35H,2,19-20H2,1,3-8H3/t22-,24-,30+,31-,32-,33-,35+,39+/m0/s1. The van der Waals surface area contributed by atoms with Crippen LogP contribution in [0.15, 0.2) is 79.2 Å². The van der Waals surface area contributed by atoms with Gasteiger partial charge >= 0.3 is 29.8 Å². The number of Topliss-reactive ketones (excluding diaryl/α,β-unsaturated/α-hetero) is 1. The van der Waals surface area contributed by atoms with E-state index in [1.54, 1.807) is 76.2 Å². The molecule has 2 aliphatic rings. The van der Waals surface area contributed by atoms with Crippen LogP contribution < -0.4 is 0 Å². The summed E-state index contributed by atoms with van der Waals surface area (Å²) in [5.41, 5.74) is -2.49. The maximum Gasteiger partial charge on any atom is 0.340 e. The maximum absolute atomic E-state index is 14.7. The van der Waals surface area contributed by atoms with Gasteiger partial charge < -0.3 is 23.7 Å². The van der Waals surface area contributed by atoms with E-state index in [0.29, 0.717) is 0 Å². The minimum Gasteiger partial charge on any atom is -0.458 e. The molecule has 0 amide bonds. The monoisotopic (exact) mass is 703 g/mol. The van der Waals surface area contributed by atoms with E-state index in [-0.39, 0.29) is 29.5 Å². The van der Waals surface area contributed by atoms with Gasteiger partial charge in [-0.25, -0.2) is 9.59 Å². The van der Waals surface area contributed by atoms with E-state index in [1.165, 1.54) is 39.2 Å². The van der Waals surface area contributed by atoms with Crippen LogP contribution in [0.5, 0.6) is 0 Å². The molecule has 51 heavy (non-hydrogen) atoms. The molecule has 1 fully saturated rings. The average Bonchev–Trinajstić information content (AvgIpc) is 3.33. The molecule has 2 aliphatic carbocycles. The van der Waals surface area contributed by atoms with Crippen LogP contribution in [0.2, 0.25) is 0 Å². The summed E-state index contributed by atoms with van der Waals surface area (Å²) in [6, 6.07) is 11.3. The van der Waals surface area contributed by atoms with E-state index in [4.69, 9.17) is 23.7 Å². The number of fused-ring (bicyclic) bond motifs is 1. The van der Waals surface area contributed by atoms with Crippen LogP contribution in [-0.4, -0.2) is 70.6 Å². The fourth-order valence-electron chi connectivity index (χ4n) is 7.12. The van der Waals surface area contributed by atoms with Crippen LogP contribution in [0.1, 0.15) is 82.0 Å². The van der Waals surface area contributed by atoms with Crippen molar-refractivity contribution in [3.05, 3.63) is 90.3 Å². The number of pyridine rings is 1. The number of nitrogens with zero attached hydrogens (tertiary/aromatic N) is 1. The number of ether oxygens (including phenoxy) is 5. The number of rotatable bonds is 7. The second-order valence-electron chi connectivity index (χ2n) is 13.9. The normalized spacial score (nSPS) is 29.0. The number of carbonyl (C=O) groups excluding carboxylic acids is 6. The van der Waals surface area contributed by atoms with Crippen LogP contribution in [0.25, 0.3) is 0 Å². The van der Waals surface area contributed by atoms with Crippen LogP contribution in [0.3, 0.4) is 0 Å². The lowest BCUT2D eigenvalue weighted by Gasteiger charge is -2.42. The Labute approximate surface area is 297 Å². The molecule has 1 heterocycles. The summed E-state index contributed by atoms with van der Waals surface area (Å²) in [4.78, 5) is 84.0. The highest BCUT2D eigenvalue weighted by molar-refractivity contribution is 5.94. The van der Waals surface area contributed by atoms with Gasteiger partial charge in [0.25, 0.3) is 0 Å². The molecule has 8 atom stereocenters. The summed E-state index contributed by atoms with van der Waals surface area (Å²) in [5, 5.41) is 0. The van der Waals surface area contributed by atoms with E-state index in [2.05, 4.69) is 11.6 Å². The molecule has 0 aliphatic heterocycles. The van der Waals surface area contributed by atoms with Crippen molar-refractivity contribution in [3.63, 3.8) is 0 Å². The summed E-state index contributed by atoms with van der Waals surface area (Å²) in [5.74, 6) is -6.96. The van der Waals surface area contributed by atoms with E-state index in [9.17, 15) is 28.8 Å². The van der Waals surface area contributed by atoms with Gasteiger partial charge in [0, 0.05) is 57.3 Å². The van der Waals surface area contributed by atoms with Crippen LogP contribution >= 0.6 is 0 Å². The average molecular weight is 704 g/mol. The lowest BCUT2D eigenvalue weighted by Crippen LogP contribution is -2.56. The summed E-state index contributed by atoms with van der Waals surface area (Å²) in [6.45, 7) is 14.6. The van der Waals surface area contributed by atoms with Crippen LogP contribution in [0, 0.1) is 23.2 Å². The lowest BCUT2D eigenvalue weighted by atomic mass is 9.72. The highest BCUT2D eigenvalue weighted by Crippen LogP contribution is 2.51. The number of esters is 5. The van der Waals surface area contributed by atoms with Gasteiger partial charge in [0.05, 0.1) is 17.0 Å². The molecule has 12 heteroatoms. The van der Waals surface area contributed by atoms with Crippen molar-refractivity contribution in [2.45, 2.75) is 91.3 Å². The molecule has 0 N–H and O–H groups in total. The highest BCUT2D eigenvalue weighted by atomic mass is 16.6. The smallest absolute Gasteiger partial charge is 0.340 e. The van der Waals surface area contributed by atoms with Gasteiger partial charge in [0.2, 0.25) is 0 Å². The molecular formula is C39H45NO11.